The smallest absolute Gasteiger partial charge is 0.231 e. The zero-order chi connectivity index (χ0) is 24.4. The number of amides is 1. The number of benzene rings is 1. The van der Waals surface area contributed by atoms with Crippen LogP contribution in [0.5, 0.6) is 0 Å². The Kier molecular flexibility index (Phi) is 4.73. The number of hydrogen-bond donors (Lipinski definition) is 2. The number of anilines is 1. The zero-order valence-corrected chi connectivity index (χ0v) is 20.2. The van der Waals surface area contributed by atoms with E-state index in [-0.39, 0.29) is 12.0 Å². The van der Waals surface area contributed by atoms with E-state index in [1.807, 2.05) is 22.8 Å². The largest absolute Gasteiger partial charge is 0.382 e. The van der Waals surface area contributed by atoms with Crippen LogP contribution in [0.4, 0.5) is 5.82 Å². The molecule has 3 heterocycles. The van der Waals surface area contributed by atoms with Crippen LogP contribution in [0.2, 0.25) is 0 Å². The summed E-state index contributed by atoms with van der Waals surface area (Å²) in [5.41, 5.74) is 11.4. The molecule has 3 aromatic heterocycles. The van der Waals surface area contributed by atoms with E-state index in [0.29, 0.717) is 30.7 Å². The average molecular weight is 484 g/mol. The van der Waals surface area contributed by atoms with Crippen molar-refractivity contribution in [3.05, 3.63) is 54.5 Å². The number of carbonyl (C=O) groups excluding carboxylic acids is 1. The van der Waals surface area contributed by atoms with Crippen molar-refractivity contribution in [2.45, 2.75) is 62.1 Å². The second-order valence-electron chi connectivity index (χ2n) is 10.4. The number of fused-ring (bicyclic) bond motifs is 1. The lowest BCUT2D eigenvalue weighted by atomic mass is 9.61. The van der Waals surface area contributed by atoms with Crippen molar-refractivity contribution in [1.82, 2.24) is 29.7 Å². The van der Waals surface area contributed by atoms with Gasteiger partial charge in [-0.25, -0.2) is 9.50 Å². The molecule has 3 aliphatic rings. The van der Waals surface area contributed by atoms with Crippen molar-refractivity contribution in [2.24, 2.45) is 0 Å². The Labute approximate surface area is 208 Å². The summed E-state index contributed by atoms with van der Waals surface area (Å²) < 4.78 is 9.52. The van der Waals surface area contributed by atoms with Crippen LogP contribution >= 0.6 is 0 Å². The molecule has 1 aromatic carbocycles. The molecule has 7 rings (SSSR count). The highest BCUT2D eigenvalue weighted by Gasteiger charge is 2.52. The Morgan fingerprint density at radius 3 is 2.69 bits per heavy atom. The number of rotatable bonds is 7. The van der Waals surface area contributed by atoms with Crippen molar-refractivity contribution in [2.75, 3.05) is 12.8 Å². The van der Waals surface area contributed by atoms with Gasteiger partial charge in [0, 0.05) is 30.5 Å². The van der Waals surface area contributed by atoms with E-state index in [4.69, 9.17) is 10.5 Å². The molecule has 0 spiro atoms. The van der Waals surface area contributed by atoms with Crippen LogP contribution in [0.1, 0.15) is 50.1 Å². The lowest BCUT2D eigenvalue weighted by Crippen LogP contribution is -2.56. The maximum atomic E-state index is 13.4. The number of nitrogens with one attached hydrogen (secondary N) is 1. The summed E-state index contributed by atoms with van der Waals surface area (Å²) in [5, 5.41) is 12.4. The summed E-state index contributed by atoms with van der Waals surface area (Å²) in [6.07, 6.45) is 9.17. The summed E-state index contributed by atoms with van der Waals surface area (Å²) in [5.74, 6) is 0.532. The van der Waals surface area contributed by atoms with Crippen molar-refractivity contribution in [3.8, 4) is 22.5 Å². The predicted molar refractivity (Wildman–Crippen MR) is 135 cm³/mol. The molecule has 9 heteroatoms. The van der Waals surface area contributed by atoms with Gasteiger partial charge in [-0.2, -0.15) is 10.2 Å². The molecule has 0 radical (unpaired) electrons. The summed E-state index contributed by atoms with van der Waals surface area (Å²) in [6, 6.07) is 13.2. The van der Waals surface area contributed by atoms with Gasteiger partial charge in [0.1, 0.15) is 11.8 Å². The van der Waals surface area contributed by atoms with Gasteiger partial charge in [-0.1, -0.05) is 18.2 Å². The topological polar surface area (TPSA) is 112 Å². The third-order valence-electron chi connectivity index (χ3n) is 7.97. The summed E-state index contributed by atoms with van der Waals surface area (Å²) >= 11 is 0. The lowest BCUT2D eigenvalue weighted by molar-refractivity contribution is -0.136. The first-order valence-electron chi connectivity index (χ1n) is 12.7. The van der Waals surface area contributed by atoms with Gasteiger partial charge in [0.2, 0.25) is 5.91 Å². The van der Waals surface area contributed by atoms with E-state index >= 15 is 0 Å². The van der Waals surface area contributed by atoms with Crippen molar-refractivity contribution in [1.29, 1.82) is 0 Å². The van der Waals surface area contributed by atoms with E-state index in [1.54, 1.807) is 7.11 Å². The highest BCUT2D eigenvalue weighted by molar-refractivity contribution is 5.92. The Balaban J connectivity index is 1.34. The van der Waals surface area contributed by atoms with Crippen LogP contribution < -0.4 is 11.1 Å². The highest BCUT2D eigenvalue weighted by Crippen LogP contribution is 2.47. The van der Waals surface area contributed by atoms with E-state index in [0.717, 1.165) is 59.3 Å². The molecule has 184 valence electrons. The molecule has 4 aromatic rings. The fourth-order valence-electron chi connectivity index (χ4n) is 5.57. The number of ether oxygens (including phenoxy) is 1. The predicted octanol–water partition coefficient (Wildman–Crippen LogP) is 3.50. The van der Waals surface area contributed by atoms with Crippen LogP contribution in [-0.4, -0.2) is 49.5 Å². The Morgan fingerprint density at radius 2 is 1.94 bits per heavy atom. The Hall–Kier alpha value is -3.72. The number of nitrogens with two attached hydrogens (primary N) is 1. The molecule has 36 heavy (non-hydrogen) atoms. The molecule has 0 unspecified atom stereocenters. The van der Waals surface area contributed by atoms with E-state index < -0.39 is 5.41 Å². The van der Waals surface area contributed by atoms with Crippen molar-refractivity contribution in [3.63, 3.8) is 0 Å². The second kappa shape index (κ2) is 7.89. The monoisotopic (exact) mass is 483 g/mol. The molecule has 0 atom stereocenters. The standard InChI is InChI=1S/C27H29N7O2/c1-36-20-13-27(14-20,26(35)32-18-5-6-18)17-4-2-3-16(11-17)23-12-21(24-25(28)29-15-31-34(23)24)22-9-10-30-33(22)19-7-8-19/h2-4,9-12,15,18-20H,5-8,13-14H2,1H3,(H,32,35)(H2,28,29,31). The molecule has 3 aliphatic carbocycles. The van der Waals surface area contributed by atoms with Crippen molar-refractivity contribution < 1.29 is 9.53 Å². The number of aromatic nitrogens is 5. The van der Waals surface area contributed by atoms with Crippen LogP contribution in [0.3, 0.4) is 0 Å². The first-order valence-corrected chi connectivity index (χ1v) is 12.7. The summed E-state index contributed by atoms with van der Waals surface area (Å²) in [4.78, 5) is 17.7. The van der Waals surface area contributed by atoms with Gasteiger partial charge in [0.05, 0.1) is 28.9 Å². The van der Waals surface area contributed by atoms with Gasteiger partial charge in [-0.05, 0) is 62.3 Å². The first-order chi connectivity index (χ1) is 17.6. The van der Waals surface area contributed by atoms with Crippen LogP contribution in [-0.2, 0) is 14.9 Å². The average Bonchev–Trinajstić information content (AvgIpc) is 3.78. The first kappa shape index (κ1) is 21.6. The minimum Gasteiger partial charge on any atom is -0.382 e. The van der Waals surface area contributed by atoms with Gasteiger partial charge in [0.15, 0.2) is 5.82 Å². The number of nitrogens with zero attached hydrogens (tertiary/aromatic N) is 5. The van der Waals surface area contributed by atoms with Gasteiger partial charge in [-0.3, -0.25) is 9.48 Å². The fraction of sp³-hybridized carbons (Fsp3) is 0.407. The zero-order valence-electron chi connectivity index (χ0n) is 20.2. The third kappa shape index (κ3) is 3.33. The summed E-state index contributed by atoms with van der Waals surface area (Å²) in [7, 11) is 1.72. The van der Waals surface area contributed by atoms with Crippen LogP contribution in [0.15, 0.2) is 48.9 Å². The van der Waals surface area contributed by atoms with Gasteiger partial charge >= 0.3 is 0 Å². The fourth-order valence-corrected chi connectivity index (χ4v) is 5.57. The minimum atomic E-state index is -0.576. The molecule has 0 bridgehead atoms. The number of methoxy groups -OCH3 is 1. The highest BCUT2D eigenvalue weighted by atomic mass is 16.5. The van der Waals surface area contributed by atoms with Gasteiger partial charge in [0.25, 0.3) is 0 Å². The summed E-state index contributed by atoms with van der Waals surface area (Å²) in [6.45, 7) is 0. The molecule has 3 saturated carbocycles. The number of nitrogen functional groups attached to an aromatic ring is 1. The molecule has 0 aliphatic heterocycles. The Morgan fingerprint density at radius 1 is 1.11 bits per heavy atom. The van der Waals surface area contributed by atoms with Gasteiger partial charge in [-0.15, -0.1) is 0 Å². The molecule has 0 saturated heterocycles. The van der Waals surface area contributed by atoms with Gasteiger partial charge < -0.3 is 15.8 Å². The molecule has 3 fully saturated rings. The lowest BCUT2D eigenvalue weighted by Gasteiger charge is -2.46. The van der Waals surface area contributed by atoms with E-state index in [1.165, 1.54) is 6.33 Å². The third-order valence-corrected chi connectivity index (χ3v) is 7.97. The molecular formula is C27H29N7O2. The molecule has 1 amide bonds. The quantitative estimate of drug-likeness (QED) is 0.416. The van der Waals surface area contributed by atoms with E-state index in [9.17, 15) is 4.79 Å². The van der Waals surface area contributed by atoms with Crippen LogP contribution in [0.25, 0.3) is 28.0 Å². The maximum absolute atomic E-state index is 13.4. The number of hydrogen-bond acceptors (Lipinski definition) is 6. The minimum absolute atomic E-state index is 0.0922. The SMILES string of the molecule is COC1CC(C(=O)NC2CC2)(c2cccc(-c3cc(-c4ccnn4C4CC4)c4c(N)ncnn34)c2)C1. The van der Waals surface area contributed by atoms with E-state index in [2.05, 4.69) is 49.4 Å². The molecule has 3 N–H and O–H groups in total. The normalized spacial score (nSPS) is 23.5. The second-order valence-corrected chi connectivity index (χ2v) is 10.4. The molecular weight excluding hydrogens is 454 g/mol. The van der Waals surface area contributed by atoms with Crippen LogP contribution in [0, 0.1) is 0 Å². The molecule has 9 nitrogen and oxygen atoms in total. The Bertz CT molecular complexity index is 1470. The maximum Gasteiger partial charge on any atom is 0.231 e. The van der Waals surface area contributed by atoms with Crippen molar-refractivity contribution >= 4 is 17.2 Å². The number of carbonyl (C=O) groups is 1.